The minimum absolute atomic E-state index is 0.139. The van der Waals surface area contributed by atoms with Crippen molar-refractivity contribution in [2.45, 2.75) is 13.8 Å². The van der Waals surface area contributed by atoms with Crippen LogP contribution in [0.5, 0.6) is 5.75 Å². The summed E-state index contributed by atoms with van der Waals surface area (Å²) in [6.07, 6.45) is 0. The summed E-state index contributed by atoms with van der Waals surface area (Å²) in [5.41, 5.74) is 9.00. The smallest absolute Gasteiger partial charge is 0.338 e. The van der Waals surface area contributed by atoms with Crippen LogP contribution in [0.15, 0.2) is 18.2 Å². The molecule has 1 heterocycles. The monoisotopic (exact) mass is 277 g/mol. The fourth-order valence-electron chi connectivity index (χ4n) is 1.86. The minimum atomic E-state index is -1.01. The first kappa shape index (κ1) is 13.4. The lowest BCUT2D eigenvalue weighted by Crippen LogP contribution is -1.97. The van der Waals surface area contributed by atoms with Crippen LogP contribution in [0.1, 0.15) is 21.5 Å². The Hall–Kier alpha value is -2.01. The first-order valence-corrected chi connectivity index (χ1v) is 6.54. The van der Waals surface area contributed by atoms with Gasteiger partial charge < -0.3 is 15.6 Å². The number of aryl methyl sites for hydroxylation is 2. The van der Waals surface area contributed by atoms with E-state index >= 15 is 0 Å². The summed E-state index contributed by atoms with van der Waals surface area (Å²) in [7, 11) is 1.60. The van der Waals surface area contributed by atoms with E-state index in [0.29, 0.717) is 5.00 Å². The molecular weight excluding hydrogens is 262 g/mol. The summed E-state index contributed by atoms with van der Waals surface area (Å²) >= 11 is 1.26. The molecule has 0 radical (unpaired) electrons. The van der Waals surface area contributed by atoms with Crippen molar-refractivity contribution in [2.24, 2.45) is 0 Å². The van der Waals surface area contributed by atoms with Crippen molar-refractivity contribution in [3.63, 3.8) is 0 Å². The zero-order valence-electron chi connectivity index (χ0n) is 11.0. The number of hydrogen-bond donors (Lipinski definition) is 2. The van der Waals surface area contributed by atoms with Crippen LogP contribution in [0.3, 0.4) is 0 Å². The summed E-state index contributed by atoms with van der Waals surface area (Å²) < 4.78 is 5.36. The molecule has 2 aromatic rings. The van der Waals surface area contributed by atoms with Crippen LogP contribution < -0.4 is 10.5 Å². The zero-order valence-corrected chi connectivity index (χ0v) is 11.8. The van der Waals surface area contributed by atoms with Crippen LogP contribution in [0.2, 0.25) is 0 Å². The number of benzene rings is 1. The number of carboxylic acids is 1. The van der Waals surface area contributed by atoms with Gasteiger partial charge in [-0.3, -0.25) is 0 Å². The lowest BCUT2D eigenvalue weighted by atomic mass is 10.0. The molecule has 0 fully saturated rings. The Labute approximate surface area is 115 Å². The van der Waals surface area contributed by atoms with Gasteiger partial charge in [0.2, 0.25) is 0 Å². The quantitative estimate of drug-likeness (QED) is 0.902. The van der Waals surface area contributed by atoms with E-state index in [4.69, 9.17) is 15.6 Å². The van der Waals surface area contributed by atoms with Crippen molar-refractivity contribution in [1.29, 1.82) is 0 Å². The van der Waals surface area contributed by atoms with Gasteiger partial charge in [-0.25, -0.2) is 4.79 Å². The van der Waals surface area contributed by atoms with E-state index in [1.165, 1.54) is 11.3 Å². The first-order valence-electron chi connectivity index (χ1n) is 5.72. The van der Waals surface area contributed by atoms with Gasteiger partial charge in [0.25, 0.3) is 0 Å². The molecule has 4 nitrogen and oxygen atoms in total. The van der Waals surface area contributed by atoms with Crippen LogP contribution in [0, 0.1) is 13.8 Å². The third kappa shape index (κ3) is 2.42. The van der Waals surface area contributed by atoms with Crippen molar-refractivity contribution in [2.75, 3.05) is 12.8 Å². The number of nitrogen functional groups attached to an aromatic ring is 1. The summed E-state index contributed by atoms with van der Waals surface area (Å²) in [5, 5.41) is 9.35. The van der Waals surface area contributed by atoms with E-state index in [1.807, 2.05) is 26.0 Å². The Balaban J connectivity index is 2.61. The lowest BCUT2D eigenvalue weighted by molar-refractivity contribution is 0.0698. The van der Waals surface area contributed by atoms with Gasteiger partial charge in [0.1, 0.15) is 10.8 Å². The van der Waals surface area contributed by atoms with Crippen LogP contribution in [-0.2, 0) is 0 Å². The third-order valence-corrected chi connectivity index (χ3v) is 4.07. The van der Waals surface area contributed by atoms with Gasteiger partial charge >= 0.3 is 5.97 Å². The van der Waals surface area contributed by atoms with Crippen molar-refractivity contribution >= 4 is 22.3 Å². The standard InChI is InChI=1S/C14H15NO3S/c1-7-4-9(11(18-3)5-8(7)2)12-6-10(14(16)17)13(15)19-12/h4-6H,15H2,1-3H3,(H,16,17). The van der Waals surface area contributed by atoms with Crippen molar-refractivity contribution < 1.29 is 14.6 Å². The number of ether oxygens (including phenoxy) is 1. The summed E-state index contributed by atoms with van der Waals surface area (Å²) in [6.45, 7) is 4.01. The molecule has 0 unspecified atom stereocenters. The van der Waals surface area contributed by atoms with Gasteiger partial charge in [0.05, 0.1) is 12.7 Å². The third-order valence-electron chi connectivity index (χ3n) is 3.07. The van der Waals surface area contributed by atoms with E-state index < -0.39 is 5.97 Å². The molecule has 3 N–H and O–H groups in total. The van der Waals surface area contributed by atoms with Crippen LogP contribution in [0.4, 0.5) is 5.00 Å². The maximum atomic E-state index is 11.0. The number of nitrogens with two attached hydrogens (primary N) is 1. The highest BCUT2D eigenvalue weighted by Gasteiger charge is 2.16. The summed E-state index contributed by atoms with van der Waals surface area (Å²) in [4.78, 5) is 11.8. The second-order valence-electron chi connectivity index (χ2n) is 4.33. The minimum Gasteiger partial charge on any atom is -0.496 e. The Morgan fingerprint density at radius 2 is 1.89 bits per heavy atom. The molecule has 19 heavy (non-hydrogen) atoms. The molecule has 0 bridgehead atoms. The van der Waals surface area contributed by atoms with Gasteiger partial charge in [-0.05, 0) is 43.2 Å². The number of rotatable bonds is 3. The van der Waals surface area contributed by atoms with Crippen molar-refractivity contribution in [3.05, 3.63) is 34.9 Å². The predicted molar refractivity (Wildman–Crippen MR) is 77.2 cm³/mol. The average Bonchev–Trinajstić information content (AvgIpc) is 2.74. The first-order chi connectivity index (χ1) is 8.93. The highest BCUT2D eigenvalue weighted by Crippen LogP contribution is 2.39. The molecule has 0 aliphatic rings. The van der Waals surface area contributed by atoms with Gasteiger partial charge in [0.15, 0.2) is 0 Å². The number of anilines is 1. The predicted octanol–water partition coefficient (Wildman–Crippen LogP) is 3.32. The van der Waals surface area contributed by atoms with Gasteiger partial charge in [-0.15, -0.1) is 11.3 Å². The summed E-state index contributed by atoms with van der Waals surface area (Å²) in [5.74, 6) is -0.288. The van der Waals surface area contributed by atoms with Crippen LogP contribution in [0.25, 0.3) is 10.4 Å². The number of carbonyl (C=O) groups is 1. The average molecular weight is 277 g/mol. The maximum absolute atomic E-state index is 11.0. The number of aromatic carboxylic acids is 1. The van der Waals surface area contributed by atoms with Crippen LogP contribution in [-0.4, -0.2) is 18.2 Å². The van der Waals surface area contributed by atoms with E-state index in [1.54, 1.807) is 13.2 Å². The second kappa shape index (κ2) is 4.93. The molecule has 2 rings (SSSR count). The molecule has 0 aliphatic heterocycles. The zero-order chi connectivity index (χ0) is 14.2. The molecule has 0 saturated heterocycles. The maximum Gasteiger partial charge on any atom is 0.338 e. The van der Waals surface area contributed by atoms with Gasteiger partial charge in [-0.2, -0.15) is 0 Å². The molecule has 100 valence electrons. The molecular formula is C14H15NO3S. The Morgan fingerprint density at radius 3 is 2.42 bits per heavy atom. The molecule has 5 heteroatoms. The SMILES string of the molecule is COc1cc(C)c(C)cc1-c1cc(C(=O)O)c(N)s1. The Morgan fingerprint density at radius 1 is 1.26 bits per heavy atom. The number of thiophene rings is 1. The molecule has 0 amide bonds. The normalized spacial score (nSPS) is 10.5. The molecule has 1 aromatic carbocycles. The lowest BCUT2D eigenvalue weighted by Gasteiger charge is -2.10. The molecule has 0 spiro atoms. The second-order valence-corrected chi connectivity index (χ2v) is 5.41. The Bertz CT molecular complexity index is 646. The van der Waals surface area contributed by atoms with Gasteiger partial charge in [0, 0.05) is 10.4 Å². The van der Waals surface area contributed by atoms with E-state index in [9.17, 15) is 4.79 Å². The Kier molecular flexibility index (Phi) is 3.48. The highest BCUT2D eigenvalue weighted by molar-refractivity contribution is 7.19. The largest absolute Gasteiger partial charge is 0.496 e. The summed E-state index contributed by atoms with van der Waals surface area (Å²) in [6, 6.07) is 5.53. The van der Waals surface area contributed by atoms with Crippen molar-refractivity contribution in [1.82, 2.24) is 0 Å². The van der Waals surface area contributed by atoms with Gasteiger partial charge in [-0.1, -0.05) is 0 Å². The fraction of sp³-hybridized carbons (Fsp3) is 0.214. The molecule has 0 atom stereocenters. The van der Waals surface area contributed by atoms with Crippen LogP contribution >= 0.6 is 11.3 Å². The highest BCUT2D eigenvalue weighted by atomic mass is 32.1. The number of methoxy groups -OCH3 is 1. The molecule has 1 aromatic heterocycles. The fourth-order valence-corrected chi connectivity index (χ4v) is 2.80. The van der Waals surface area contributed by atoms with E-state index in [2.05, 4.69) is 0 Å². The molecule has 0 saturated carbocycles. The molecule has 0 aliphatic carbocycles. The topological polar surface area (TPSA) is 72.5 Å². The van der Waals surface area contributed by atoms with E-state index in [-0.39, 0.29) is 5.56 Å². The number of hydrogen-bond acceptors (Lipinski definition) is 4. The van der Waals surface area contributed by atoms with Crippen molar-refractivity contribution in [3.8, 4) is 16.2 Å². The van der Waals surface area contributed by atoms with E-state index in [0.717, 1.165) is 27.3 Å². The number of carboxylic acid groups (broad SMARTS) is 1.